The minimum Gasteiger partial charge on any atom is -0.398 e. The molecule has 16 heteroatoms. The molecule has 1 heterocycles. The number of aromatic nitrogens is 1. The molecule has 51 heavy (non-hydrogen) atoms. The highest BCUT2D eigenvalue weighted by atomic mass is 35.5. The highest BCUT2D eigenvalue weighted by molar-refractivity contribution is 7.85. The molecule has 0 aliphatic heterocycles. The van der Waals surface area contributed by atoms with Gasteiger partial charge in [-0.2, -0.15) is 8.42 Å². The summed E-state index contributed by atoms with van der Waals surface area (Å²) in [6, 6.07) is 29.5. The first-order valence-corrected chi connectivity index (χ1v) is 17.7. The van der Waals surface area contributed by atoms with E-state index in [0.717, 1.165) is 36.9 Å². The Morgan fingerprint density at radius 1 is 0.784 bits per heavy atom. The van der Waals surface area contributed by atoms with E-state index in [9.17, 15) is 33.4 Å². The third-order valence-electron chi connectivity index (χ3n) is 6.68. The Bertz CT molecular complexity index is 2230. The molecule has 5 aromatic carbocycles. The Morgan fingerprint density at radius 3 is 1.75 bits per heavy atom. The molecule has 0 atom stereocenters. The van der Waals surface area contributed by atoms with Crippen LogP contribution in [0.25, 0.3) is 20.8 Å². The Labute approximate surface area is 308 Å². The zero-order valence-corrected chi connectivity index (χ0v) is 30.5. The fourth-order valence-electron chi connectivity index (χ4n) is 3.96. The van der Waals surface area contributed by atoms with Crippen LogP contribution in [0.5, 0.6) is 0 Å². The normalized spacial score (nSPS) is 10.4. The molecule has 3 N–H and O–H groups in total. The van der Waals surface area contributed by atoms with Crippen LogP contribution in [0, 0.1) is 41.0 Å². The number of nitrogens with two attached hydrogens (primary N) is 1. The molecule has 1 aromatic heterocycles. The van der Waals surface area contributed by atoms with Crippen LogP contribution in [0.4, 0.5) is 17.1 Å². The number of benzene rings is 5. The third kappa shape index (κ3) is 12.6. The number of halogens is 1. The summed E-state index contributed by atoms with van der Waals surface area (Å²) >= 11 is 10.9. The minimum absolute atomic E-state index is 0.0586. The Kier molecular flexibility index (Phi) is 14.3. The second-order valence-corrected chi connectivity index (χ2v) is 14.0. The smallest absolute Gasteiger partial charge is 0.294 e. The number of non-ortho nitro benzene ring substituents is 2. The van der Waals surface area contributed by atoms with E-state index >= 15 is 0 Å². The number of hydrogen-bond donors (Lipinski definition) is 3. The van der Waals surface area contributed by atoms with E-state index in [1.807, 2.05) is 51.1 Å². The van der Waals surface area contributed by atoms with Crippen molar-refractivity contribution in [3.05, 3.63) is 152 Å². The average Bonchev–Trinajstić information content (AvgIpc) is 3.51. The van der Waals surface area contributed by atoms with E-state index in [1.165, 1.54) is 59.7 Å². The summed E-state index contributed by atoms with van der Waals surface area (Å²) < 4.78 is 30.7. The maximum Gasteiger partial charge on any atom is 0.294 e. The maximum atomic E-state index is 10.6. The number of rotatable bonds is 5. The quantitative estimate of drug-likeness (QED) is 0.0380. The van der Waals surface area contributed by atoms with Crippen LogP contribution in [0.2, 0.25) is 0 Å². The lowest BCUT2D eigenvalue weighted by molar-refractivity contribution is -0.385. The zero-order valence-electron chi connectivity index (χ0n) is 27.3. The van der Waals surface area contributed by atoms with Gasteiger partial charge in [0.05, 0.1) is 25.0 Å². The molecule has 0 fully saturated rings. The van der Waals surface area contributed by atoms with Crippen molar-refractivity contribution in [3.63, 3.8) is 0 Å². The standard InChI is InChI=1S/C14H10N2O2S.C7H4ClNO3.C7H9NS.C7H8O3S/c1-9-2-7-12-13(8-9)19-14(15-12)10-3-5-11(6-4-10)16(17)18;8-7(10)5-1-3-6(4-2-5)9(11)12;1-5-2-3-6(8)7(9)4-5;1-6-2-4-7(5-3-6)11(8,9)10/h2-8H,1H3;1-4H;2-4,9H,8H2,1H3;2-5H,1H3,(H,8,9,10). The highest BCUT2D eigenvalue weighted by Crippen LogP contribution is 2.31. The third-order valence-corrected chi connectivity index (χ3v) is 9.22. The number of fused-ring (bicyclic) bond motifs is 1. The summed E-state index contributed by atoms with van der Waals surface area (Å²) in [6.45, 7) is 5.90. The first-order valence-electron chi connectivity index (χ1n) is 14.6. The number of thiol groups is 1. The van der Waals surface area contributed by atoms with Gasteiger partial charge in [0, 0.05) is 46.0 Å². The van der Waals surface area contributed by atoms with Crippen LogP contribution in [0.1, 0.15) is 27.0 Å². The van der Waals surface area contributed by atoms with E-state index in [4.69, 9.17) is 21.9 Å². The molecule has 0 aliphatic rings. The van der Waals surface area contributed by atoms with Gasteiger partial charge >= 0.3 is 0 Å². The fourth-order valence-corrected chi connectivity index (χ4v) is 5.91. The van der Waals surface area contributed by atoms with Crippen LogP contribution in [0.15, 0.2) is 119 Å². The van der Waals surface area contributed by atoms with E-state index in [2.05, 4.69) is 23.7 Å². The van der Waals surface area contributed by atoms with E-state index < -0.39 is 25.2 Å². The molecule has 12 nitrogen and oxygen atoms in total. The largest absolute Gasteiger partial charge is 0.398 e. The summed E-state index contributed by atoms with van der Waals surface area (Å²) in [5, 5.41) is 21.1. The van der Waals surface area contributed by atoms with Crippen LogP contribution in [-0.2, 0) is 10.1 Å². The summed E-state index contributed by atoms with van der Waals surface area (Å²) in [5.74, 6) is 0. The van der Waals surface area contributed by atoms with Gasteiger partial charge in [-0.3, -0.25) is 29.6 Å². The van der Waals surface area contributed by atoms with Gasteiger partial charge in [-0.05, 0) is 104 Å². The summed E-state index contributed by atoms with van der Waals surface area (Å²) in [4.78, 5) is 35.7. The van der Waals surface area contributed by atoms with E-state index in [1.54, 1.807) is 35.6 Å². The Morgan fingerprint density at radius 2 is 1.27 bits per heavy atom. The fraction of sp³-hybridized carbons (Fsp3) is 0.0857. The van der Waals surface area contributed by atoms with Crippen molar-refractivity contribution < 1.29 is 27.6 Å². The number of nitro groups is 2. The lowest BCUT2D eigenvalue weighted by Crippen LogP contribution is -1.96. The molecule has 0 saturated heterocycles. The molecule has 0 bridgehead atoms. The summed E-state index contributed by atoms with van der Waals surface area (Å²) in [5.41, 5.74) is 11.8. The van der Waals surface area contributed by atoms with E-state index in [-0.39, 0.29) is 21.8 Å². The van der Waals surface area contributed by atoms with E-state index in [0.29, 0.717) is 0 Å². The molecule has 0 saturated carbocycles. The van der Waals surface area contributed by atoms with Crippen LogP contribution in [-0.4, -0.2) is 33.0 Å². The first kappa shape index (κ1) is 40.2. The monoisotopic (exact) mass is 766 g/mol. The molecule has 264 valence electrons. The van der Waals surface area contributed by atoms with Gasteiger partial charge in [0.1, 0.15) is 5.01 Å². The number of nitro benzene ring substituents is 2. The van der Waals surface area contributed by atoms with Crippen molar-refractivity contribution in [2.75, 3.05) is 5.73 Å². The minimum atomic E-state index is -4.02. The second-order valence-electron chi connectivity index (χ2n) is 10.7. The topological polar surface area (TPSA) is 197 Å². The van der Waals surface area contributed by atoms with Crippen LogP contribution >= 0.6 is 35.6 Å². The highest BCUT2D eigenvalue weighted by Gasteiger charge is 2.10. The van der Waals surface area contributed by atoms with Crippen molar-refractivity contribution in [3.8, 4) is 10.6 Å². The number of thiazole rings is 1. The maximum absolute atomic E-state index is 10.6. The SMILES string of the molecule is Cc1ccc(N)c(S)c1.Cc1ccc(S(=O)(=O)O)cc1.Cc1ccc2nc(-c3ccc([N+](=O)[O-])cc3)sc2c1.O=C(Cl)c1ccc([N+](=O)[O-])cc1. The number of carbonyl (C=O) groups is 1. The van der Waals surface area contributed by atoms with Crippen molar-refractivity contribution in [1.82, 2.24) is 4.98 Å². The van der Waals surface area contributed by atoms with Crippen LogP contribution in [0.3, 0.4) is 0 Å². The average molecular weight is 767 g/mol. The molecule has 0 amide bonds. The predicted molar refractivity (Wildman–Crippen MR) is 204 cm³/mol. The van der Waals surface area contributed by atoms with Gasteiger partial charge in [-0.15, -0.1) is 24.0 Å². The van der Waals surface area contributed by atoms with Gasteiger partial charge < -0.3 is 5.73 Å². The summed E-state index contributed by atoms with van der Waals surface area (Å²) in [6.07, 6.45) is 0. The van der Waals surface area contributed by atoms with Crippen molar-refractivity contribution >= 4 is 78.2 Å². The Hall–Kier alpha value is -5.19. The van der Waals surface area contributed by atoms with Crippen LogP contribution < -0.4 is 5.73 Å². The lowest BCUT2D eigenvalue weighted by atomic mass is 10.2. The van der Waals surface area contributed by atoms with Gasteiger partial charge in [0.15, 0.2) is 0 Å². The van der Waals surface area contributed by atoms with Gasteiger partial charge in [-0.25, -0.2) is 4.98 Å². The molecule has 0 spiro atoms. The number of nitrogens with zero attached hydrogens (tertiary/aromatic N) is 3. The number of aryl methyl sites for hydroxylation is 3. The molecular weight excluding hydrogens is 736 g/mol. The number of anilines is 1. The molecule has 6 rings (SSSR count). The molecule has 6 aromatic rings. The summed E-state index contributed by atoms with van der Waals surface area (Å²) in [7, 11) is -4.02. The number of hydrogen-bond acceptors (Lipinski definition) is 11. The van der Waals surface area contributed by atoms with Gasteiger partial charge in [0.25, 0.3) is 26.7 Å². The van der Waals surface area contributed by atoms with Crippen molar-refractivity contribution in [1.29, 1.82) is 0 Å². The molecule has 0 aliphatic carbocycles. The number of carbonyl (C=O) groups excluding carboxylic acids is 1. The Balaban J connectivity index is 0.000000193. The predicted octanol–water partition coefficient (Wildman–Crippen LogP) is 9.26. The first-order chi connectivity index (χ1) is 23.9. The second kappa shape index (κ2) is 18.2. The van der Waals surface area contributed by atoms with Gasteiger partial charge in [-0.1, -0.05) is 29.8 Å². The molecule has 0 unspecified atom stereocenters. The van der Waals surface area contributed by atoms with Gasteiger partial charge in [0.2, 0.25) is 0 Å². The molecule has 0 radical (unpaired) electrons. The van der Waals surface area contributed by atoms with Crippen molar-refractivity contribution in [2.45, 2.75) is 30.6 Å². The zero-order chi connectivity index (χ0) is 37.9. The lowest BCUT2D eigenvalue weighted by Gasteiger charge is -1.97. The number of nitrogen functional groups attached to an aromatic ring is 1. The van der Waals surface area contributed by atoms with Crippen molar-refractivity contribution in [2.24, 2.45) is 0 Å². The molecular formula is C35H31ClN4O8S3.